The molecule has 0 amide bonds. The quantitative estimate of drug-likeness (QED) is 0.146. The molecule has 4 rings (SSSR count). The van der Waals surface area contributed by atoms with E-state index >= 15 is 4.39 Å². The molecule has 0 unspecified atom stereocenters. The van der Waals surface area contributed by atoms with E-state index in [1.165, 1.54) is 62.5 Å². The molecule has 0 aromatic heterocycles. The number of hydrogen-bond donors (Lipinski definition) is 0. The molecule has 1 heteroatoms. The largest absolute Gasteiger partial charge is 0.205 e. The molecule has 0 aliphatic heterocycles. The zero-order valence-corrected chi connectivity index (χ0v) is 23.5. The van der Waals surface area contributed by atoms with Crippen LogP contribution < -0.4 is 0 Å². The predicted octanol–water partition coefficient (Wildman–Crippen LogP) is 10.0. The SMILES string of the molecule is CCCCCCCc1ccc(C#Cc2ccc3c(F)c(C#Cc4ccc(CCCCC)cc4)ccc3c2)cc1. The minimum absolute atomic E-state index is 0.277. The highest BCUT2D eigenvalue weighted by Crippen LogP contribution is 2.22. The van der Waals surface area contributed by atoms with Crippen LogP contribution in [0.4, 0.5) is 4.39 Å². The Balaban J connectivity index is 1.40. The van der Waals surface area contributed by atoms with Gasteiger partial charge in [0.25, 0.3) is 0 Å². The summed E-state index contributed by atoms with van der Waals surface area (Å²) in [7, 11) is 0. The zero-order valence-electron chi connectivity index (χ0n) is 23.5. The van der Waals surface area contributed by atoms with Crippen molar-refractivity contribution in [2.45, 2.75) is 78.1 Å². The fourth-order valence-electron chi connectivity index (χ4n) is 4.77. The third-order valence-corrected chi connectivity index (χ3v) is 7.19. The highest BCUT2D eigenvalue weighted by Gasteiger charge is 2.06. The lowest BCUT2D eigenvalue weighted by atomic mass is 10.0. The highest BCUT2D eigenvalue weighted by molar-refractivity contribution is 5.86. The van der Waals surface area contributed by atoms with Gasteiger partial charge in [-0.1, -0.05) is 112 Å². The fraction of sp³-hybridized carbons (Fsp3) is 0.316. The fourth-order valence-corrected chi connectivity index (χ4v) is 4.77. The van der Waals surface area contributed by atoms with Gasteiger partial charge in [0.05, 0.1) is 5.56 Å². The molecule has 0 bridgehead atoms. The Hall–Kier alpha value is -3.81. The lowest BCUT2D eigenvalue weighted by Crippen LogP contribution is -1.88. The summed E-state index contributed by atoms with van der Waals surface area (Å²) in [5.41, 5.74) is 5.89. The smallest absolute Gasteiger partial charge is 0.146 e. The monoisotopic (exact) mass is 514 g/mol. The van der Waals surface area contributed by atoms with E-state index in [1.807, 2.05) is 36.4 Å². The Morgan fingerprint density at radius 3 is 1.67 bits per heavy atom. The van der Waals surface area contributed by atoms with E-state index in [4.69, 9.17) is 0 Å². The van der Waals surface area contributed by atoms with E-state index in [0.717, 1.165) is 34.9 Å². The number of halogens is 1. The van der Waals surface area contributed by atoms with Crippen LogP contribution in [0.25, 0.3) is 10.8 Å². The van der Waals surface area contributed by atoms with Gasteiger partial charge in [-0.05, 0) is 84.7 Å². The van der Waals surface area contributed by atoms with Crippen LogP contribution in [0.5, 0.6) is 0 Å². The van der Waals surface area contributed by atoms with E-state index in [9.17, 15) is 0 Å². The topological polar surface area (TPSA) is 0 Å². The van der Waals surface area contributed by atoms with E-state index in [-0.39, 0.29) is 5.82 Å². The summed E-state index contributed by atoms with van der Waals surface area (Å²) in [6.07, 6.45) is 12.4. The van der Waals surface area contributed by atoms with Crippen molar-refractivity contribution in [3.8, 4) is 23.7 Å². The molecule has 0 nitrogen and oxygen atoms in total. The minimum atomic E-state index is -0.277. The molecule has 39 heavy (non-hydrogen) atoms. The van der Waals surface area contributed by atoms with E-state index < -0.39 is 0 Å². The number of benzene rings is 4. The molecule has 0 N–H and O–H groups in total. The van der Waals surface area contributed by atoms with Crippen molar-refractivity contribution in [1.82, 2.24) is 0 Å². The first-order valence-electron chi connectivity index (χ1n) is 14.6. The minimum Gasteiger partial charge on any atom is -0.205 e. The first-order valence-corrected chi connectivity index (χ1v) is 14.6. The second-order valence-corrected chi connectivity index (χ2v) is 10.4. The van der Waals surface area contributed by atoms with Crippen LogP contribution in [0.1, 0.15) is 98.6 Å². The van der Waals surface area contributed by atoms with Gasteiger partial charge in [-0.3, -0.25) is 0 Å². The van der Waals surface area contributed by atoms with Crippen LogP contribution in [0.3, 0.4) is 0 Å². The Kier molecular flexibility index (Phi) is 10.8. The second-order valence-electron chi connectivity index (χ2n) is 10.4. The van der Waals surface area contributed by atoms with Gasteiger partial charge < -0.3 is 0 Å². The van der Waals surface area contributed by atoms with E-state index in [2.05, 4.69) is 73.9 Å². The molecule has 0 saturated heterocycles. The summed E-state index contributed by atoms with van der Waals surface area (Å²) < 4.78 is 15.2. The standard InChI is InChI=1S/C38H39F/c1-3-5-7-8-10-12-31-13-17-32(18-14-31)21-22-34-24-28-37-36(29-34)27-26-35(38(37)39)25-23-33-19-15-30(16-20-33)11-9-6-4-2/h13-20,24,26-29H,3-12H2,1-2H3. The van der Waals surface area contributed by atoms with Crippen molar-refractivity contribution >= 4 is 10.8 Å². The predicted molar refractivity (Wildman–Crippen MR) is 164 cm³/mol. The zero-order chi connectivity index (χ0) is 27.3. The van der Waals surface area contributed by atoms with Gasteiger partial charge in [0, 0.05) is 22.1 Å². The first-order chi connectivity index (χ1) is 19.2. The summed E-state index contributed by atoms with van der Waals surface area (Å²) >= 11 is 0. The van der Waals surface area contributed by atoms with E-state index in [1.54, 1.807) is 6.07 Å². The van der Waals surface area contributed by atoms with Gasteiger partial charge in [-0.25, -0.2) is 4.39 Å². The van der Waals surface area contributed by atoms with Crippen LogP contribution in [-0.4, -0.2) is 0 Å². The van der Waals surface area contributed by atoms with Crippen molar-refractivity contribution in [3.05, 3.63) is 118 Å². The Labute approximate surface area is 234 Å². The summed E-state index contributed by atoms with van der Waals surface area (Å²) in [6.45, 7) is 4.47. The van der Waals surface area contributed by atoms with Crippen molar-refractivity contribution in [1.29, 1.82) is 0 Å². The van der Waals surface area contributed by atoms with Gasteiger partial charge in [0.2, 0.25) is 0 Å². The first kappa shape index (κ1) is 28.2. The maximum atomic E-state index is 15.2. The molecule has 0 saturated carbocycles. The molecule has 0 aliphatic carbocycles. The lowest BCUT2D eigenvalue weighted by Gasteiger charge is -2.03. The van der Waals surface area contributed by atoms with Crippen LogP contribution >= 0.6 is 0 Å². The molecule has 0 spiro atoms. The summed E-state index contributed by atoms with van der Waals surface area (Å²) in [6, 6.07) is 26.2. The Morgan fingerprint density at radius 2 is 1.03 bits per heavy atom. The van der Waals surface area contributed by atoms with Crippen LogP contribution in [0.2, 0.25) is 0 Å². The summed E-state index contributed by atoms with van der Waals surface area (Å²) in [5, 5.41) is 1.40. The third kappa shape index (κ3) is 8.60. The van der Waals surface area contributed by atoms with Gasteiger partial charge >= 0.3 is 0 Å². The molecule has 0 aliphatic rings. The molecule has 0 heterocycles. The molecule has 4 aromatic carbocycles. The average molecular weight is 515 g/mol. The second kappa shape index (κ2) is 15.0. The van der Waals surface area contributed by atoms with Crippen molar-refractivity contribution < 1.29 is 4.39 Å². The van der Waals surface area contributed by atoms with Gasteiger partial charge in [-0.15, -0.1) is 0 Å². The number of aryl methyl sites for hydroxylation is 2. The third-order valence-electron chi connectivity index (χ3n) is 7.19. The Morgan fingerprint density at radius 1 is 0.513 bits per heavy atom. The van der Waals surface area contributed by atoms with Crippen LogP contribution in [0, 0.1) is 29.5 Å². The molecular weight excluding hydrogens is 475 g/mol. The molecule has 198 valence electrons. The van der Waals surface area contributed by atoms with Crippen LogP contribution in [-0.2, 0) is 12.8 Å². The Bertz CT molecular complexity index is 1470. The lowest BCUT2D eigenvalue weighted by molar-refractivity contribution is 0.632. The van der Waals surface area contributed by atoms with Crippen molar-refractivity contribution in [3.63, 3.8) is 0 Å². The maximum Gasteiger partial charge on any atom is 0.146 e. The number of unbranched alkanes of at least 4 members (excludes halogenated alkanes) is 6. The number of rotatable bonds is 10. The normalized spacial score (nSPS) is 10.5. The summed E-state index contributed by atoms with van der Waals surface area (Å²) in [4.78, 5) is 0. The molecule has 0 atom stereocenters. The molecule has 0 radical (unpaired) electrons. The number of hydrogen-bond acceptors (Lipinski definition) is 0. The van der Waals surface area contributed by atoms with E-state index in [0.29, 0.717) is 10.9 Å². The highest BCUT2D eigenvalue weighted by atomic mass is 19.1. The van der Waals surface area contributed by atoms with Crippen LogP contribution in [0.15, 0.2) is 78.9 Å². The van der Waals surface area contributed by atoms with Crippen molar-refractivity contribution in [2.24, 2.45) is 0 Å². The maximum absolute atomic E-state index is 15.2. The molecule has 4 aromatic rings. The van der Waals surface area contributed by atoms with Gasteiger partial charge in [0.1, 0.15) is 5.82 Å². The summed E-state index contributed by atoms with van der Waals surface area (Å²) in [5.74, 6) is 12.4. The molecular formula is C38H39F. The van der Waals surface area contributed by atoms with Gasteiger partial charge in [0.15, 0.2) is 0 Å². The van der Waals surface area contributed by atoms with Gasteiger partial charge in [-0.2, -0.15) is 0 Å². The number of fused-ring (bicyclic) bond motifs is 1. The molecule has 0 fully saturated rings. The average Bonchev–Trinajstić information content (AvgIpc) is 2.97. The van der Waals surface area contributed by atoms with Crippen molar-refractivity contribution in [2.75, 3.05) is 0 Å².